The Morgan fingerprint density at radius 2 is 1.75 bits per heavy atom. The summed E-state index contributed by atoms with van der Waals surface area (Å²) in [7, 11) is 4.58. The minimum absolute atomic E-state index is 0. The van der Waals surface area contributed by atoms with Crippen LogP contribution in [-0.2, 0) is 13.0 Å². The number of benzene rings is 2. The Balaban J connectivity index is 0.00000280. The summed E-state index contributed by atoms with van der Waals surface area (Å²) in [4.78, 5) is 13.9. The fourth-order valence-electron chi connectivity index (χ4n) is 4.22. The quantitative estimate of drug-likeness (QED) is 0.645. The largest absolute Gasteiger partial charge is 1.00 e. The summed E-state index contributed by atoms with van der Waals surface area (Å²) in [5.41, 5.74) is 3.23. The van der Waals surface area contributed by atoms with Crippen molar-refractivity contribution in [2.75, 3.05) is 14.1 Å². The standard InChI is InChI=1S/C23H29BrN2O.ClH/c1-26(2)22-9-4-3-6-19(22)14-17-10-12-18(13-11-17)16-25-23(27)20-7-5-8-21(24)15-20;/h5,7-8,10-13,15,19,22H,3-4,6,9,14,16H2,1-2H3,(H,25,27);1H. The molecule has 3 nitrogen and oxygen atoms in total. The van der Waals surface area contributed by atoms with Gasteiger partial charge >= 0.3 is 0 Å². The van der Waals surface area contributed by atoms with Gasteiger partial charge in [-0.05, 0) is 55.0 Å². The molecular weight excluding hydrogens is 436 g/mol. The number of nitrogens with one attached hydrogen (secondary N) is 2. The number of carbonyl (C=O) groups is 1. The first-order valence-corrected chi connectivity index (χ1v) is 10.7. The van der Waals surface area contributed by atoms with Gasteiger partial charge in [-0.15, -0.1) is 0 Å². The van der Waals surface area contributed by atoms with Gasteiger partial charge in [-0.25, -0.2) is 0 Å². The third-order valence-corrected chi connectivity index (χ3v) is 6.20. The SMILES string of the molecule is C[NH+](C)C1CCCCC1Cc1ccc(CNC(=O)c2cccc(Br)c2)cc1.[Cl-]. The highest BCUT2D eigenvalue weighted by Crippen LogP contribution is 2.26. The van der Waals surface area contributed by atoms with Crippen LogP contribution in [0.2, 0.25) is 0 Å². The summed E-state index contributed by atoms with van der Waals surface area (Å²) in [5, 5.41) is 3.00. The van der Waals surface area contributed by atoms with E-state index in [9.17, 15) is 4.79 Å². The molecule has 0 aromatic heterocycles. The summed E-state index contributed by atoms with van der Waals surface area (Å²) in [6.45, 7) is 0.555. The van der Waals surface area contributed by atoms with E-state index < -0.39 is 0 Å². The van der Waals surface area contributed by atoms with Crippen LogP contribution in [0.1, 0.15) is 47.2 Å². The smallest absolute Gasteiger partial charge is 0.251 e. The molecule has 1 aliphatic rings. The van der Waals surface area contributed by atoms with Crippen LogP contribution in [0.5, 0.6) is 0 Å². The van der Waals surface area contributed by atoms with Crippen LogP contribution in [0, 0.1) is 5.92 Å². The van der Waals surface area contributed by atoms with Crippen LogP contribution >= 0.6 is 15.9 Å². The van der Waals surface area contributed by atoms with E-state index in [1.54, 1.807) is 4.90 Å². The summed E-state index contributed by atoms with van der Waals surface area (Å²) in [5.74, 6) is 0.741. The van der Waals surface area contributed by atoms with Gasteiger partial charge in [0.2, 0.25) is 0 Å². The lowest BCUT2D eigenvalue weighted by atomic mass is 9.80. The summed E-state index contributed by atoms with van der Waals surface area (Å²) in [6.07, 6.45) is 6.62. The van der Waals surface area contributed by atoms with Crippen LogP contribution in [0.4, 0.5) is 0 Å². The van der Waals surface area contributed by atoms with Crippen molar-refractivity contribution in [1.29, 1.82) is 0 Å². The molecule has 0 aliphatic heterocycles. The Bertz CT molecular complexity index is 763. The van der Waals surface area contributed by atoms with E-state index in [0.717, 1.165) is 22.0 Å². The summed E-state index contributed by atoms with van der Waals surface area (Å²) >= 11 is 3.41. The molecule has 2 aromatic carbocycles. The maximum Gasteiger partial charge on any atom is 0.251 e. The first-order chi connectivity index (χ1) is 13.0. The van der Waals surface area contributed by atoms with E-state index in [1.807, 2.05) is 24.3 Å². The zero-order valence-electron chi connectivity index (χ0n) is 16.7. The molecule has 1 amide bonds. The van der Waals surface area contributed by atoms with Crippen molar-refractivity contribution >= 4 is 21.8 Å². The van der Waals surface area contributed by atoms with E-state index in [4.69, 9.17) is 0 Å². The molecule has 28 heavy (non-hydrogen) atoms. The molecule has 0 heterocycles. The molecular formula is C23H30BrClN2O. The number of halogens is 2. The molecule has 5 heteroatoms. The fraction of sp³-hybridized carbons (Fsp3) is 0.435. The highest BCUT2D eigenvalue weighted by atomic mass is 79.9. The Hall–Kier alpha value is -1.36. The highest BCUT2D eigenvalue weighted by molar-refractivity contribution is 9.10. The number of amides is 1. The Morgan fingerprint density at radius 3 is 2.43 bits per heavy atom. The van der Waals surface area contributed by atoms with Crippen molar-refractivity contribution in [3.63, 3.8) is 0 Å². The van der Waals surface area contributed by atoms with E-state index >= 15 is 0 Å². The van der Waals surface area contributed by atoms with Crippen molar-refractivity contribution in [2.24, 2.45) is 5.92 Å². The van der Waals surface area contributed by atoms with E-state index in [2.05, 4.69) is 59.6 Å². The Kier molecular flexibility index (Phi) is 9.00. The zero-order chi connectivity index (χ0) is 19.2. The zero-order valence-corrected chi connectivity index (χ0v) is 19.0. The van der Waals surface area contributed by atoms with Gasteiger partial charge in [0.15, 0.2) is 0 Å². The second kappa shape index (κ2) is 11.0. The van der Waals surface area contributed by atoms with E-state index in [0.29, 0.717) is 12.1 Å². The van der Waals surface area contributed by atoms with E-state index in [-0.39, 0.29) is 18.3 Å². The first kappa shape index (κ1) is 22.9. The van der Waals surface area contributed by atoms with Crippen LogP contribution in [0.15, 0.2) is 53.0 Å². The maximum absolute atomic E-state index is 12.3. The minimum Gasteiger partial charge on any atom is -1.00 e. The fourth-order valence-corrected chi connectivity index (χ4v) is 4.62. The second-order valence-corrected chi connectivity index (χ2v) is 8.86. The average Bonchev–Trinajstić information content (AvgIpc) is 2.67. The molecule has 152 valence electrons. The Labute approximate surface area is 183 Å². The molecule has 2 atom stereocenters. The van der Waals surface area contributed by atoms with Gasteiger partial charge < -0.3 is 22.6 Å². The summed E-state index contributed by atoms with van der Waals surface area (Å²) in [6, 6.07) is 17.0. The molecule has 0 saturated heterocycles. The third kappa shape index (κ3) is 6.33. The predicted octanol–water partition coefficient (Wildman–Crippen LogP) is 0.629. The number of hydrogen-bond acceptors (Lipinski definition) is 1. The number of carbonyl (C=O) groups excluding carboxylic acids is 1. The molecule has 2 aromatic rings. The van der Waals surface area contributed by atoms with Gasteiger partial charge in [-0.1, -0.05) is 52.7 Å². The highest BCUT2D eigenvalue weighted by Gasteiger charge is 2.29. The van der Waals surface area contributed by atoms with Crippen LogP contribution in [-0.4, -0.2) is 26.0 Å². The maximum atomic E-state index is 12.3. The third-order valence-electron chi connectivity index (χ3n) is 5.71. The predicted molar refractivity (Wildman–Crippen MR) is 114 cm³/mol. The Morgan fingerprint density at radius 1 is 1.07 bits per heavy atom. The number of hydrogen-bond donors (Lipinski definition) is 2. The molecule has 1 aliphatic carbocycles. The monoisotopic (exact) mass is 464 g/mol. The van der Waals surface area contributed by atoms with Crippen molar-refractivity contribution < 1.29 is 22.1 Å². The first-order valence-electron chi connectivity index (χ1n) is 9.94. The molecule has 1 fully saturated rings. The average molecular weight is 466 g/mol. The molecule has 2 unspecified atom stereocenters. The molecule has 0 spiro atoms. The van der Waals surface area contributed by atoms with Crippen molar-refractivity contribution in [1.82, 2.24) is 5.32 Å². The topological polar surface area (TPSA) is 33.5 Å². The van der Waals surface area contributed by atoms with Gasteiger partial charge in [-0.2, -0.15) is 0 Å². The lowest BCUT2D eigenvalue weighted by molar-refractivity contribution is -0.891. The molecule has 1 saturated carbocycles. The van der Waals surface area contributed by atoms with Gasteiger partial charge in [-0.3, -0.25) is 4.79 Å². The van der Waals surface area contributed by atoms with Gasteiger partial charge in [0.25, 0.3) is 5.91 Å². The van der Waals surface area contributed by atoms with Gasteiger partial charge in [0.1, 0.15) is 0 Å². The molecule has 0 bridgehead atoms. The minimum atomic E-state index is -0.0422. The van der Waals surface area contributed by atoms with E-state index in [1.165, 1.54) is 37.7 Å². The lowest BCUT2D eigenvalue weighted by Gasteiger charge is -2.33. The van der Waals surface area contributed by atoms with Crippen LogP contribution in [0.3, 0.4) is 0 Å². The molecule has 3 rings (SSSR count). The van der Waals surface area contributed by atoms with Crippen molar-refractivity contribution in [3.05, 3.63) is 69.7 Å². The van der Waals surface area contributed by atoms with Crippen LogP contribution < -0.4 is 22.6 Å². The van der Waals surface area contributed by atoms with Crippen molar-refractivity contribution in [2.45, 2.75) is 44.7 Å². The summed E-state index contributed by atoms with van der Waals surface area (Å²) < 4.78 is 0.917. The van der Waals surface area contributed by atoms with Gasteiger partial charge in [0.05, 0.1) is 20.1 Å². The lowest BCUT2D eigenvalue weighted by Crippen LogP contribution is -3.11. The number of quaternary nitrogens is 1. The molecule has 0 radical (unpaired) electrons. The van der Waals surface area contributed by atoms with Crippen LogP contribution in [0.25, 0.3) is 0 Å². The van der Waals surface area contributed by atoms with Gasteiger partial charge in [0, 0.05) is 22.5 Å². The normalized spacial score (nSPS) is 19.1. The number of rotatable bonds is 6. The molecule has 2 N–H and O–H groups in total. The second-order valence-electron chi connectivity index (χ2n) is 7.94. The van der Waals surface area contributed by atoms with Crippen molar-refractivity contribution in [3.8, 4) is 0 Å².